The van der Waals surface area contributed by atoms with E-state index in [9.17, 15) is 9.59 Å². The molecule has 0 saturated carbocycles. The summed E-state index contributed by atoms with van der Waals surface area (Å²) in [7, 11) is 0. The Hall–Kier alpha value is -3.27. The van der Waals surface area contributed by atoms with Gasteiger partial charge < -0.3 is 15.3 Å². The summed E-state index contributed by atoms with van der Waals surface area (Å²) in [5, 5.41) is 6.11. The number of anilines is 1. The second-order valence-electron chi connectivity index (χ2n) is 7.95. The number of imidazole rings is 1. The number of thiazole rings is 1. The number of carbonyl (C=O) groups is 1. The minimum absolute atomic E-state index is 0.0531. The van der Waals surface area contributed by atoms with Gasteiger partial charge in [-0.05, 0) is 18.2 Å². The zero-order valence-electron chi connectivity index (χ0n) is 17.5. The molecule has 1 amide bonds. The fraction of sp³-hybridized carbons (Fsp3) is 0.261. The minimum Gasteiger partial charge on any atom is -0.325 e. The highest BCUT2D eigenvalue weighted by Crippen LogP contribution is 2.24. The van der Waals surface area contributed by atoms with E-state index in [4.69, 9.17) is 4.98 Å². The van der Waals surface area contributed by atoms with Crippen LogP contribution >= 0.6 is 11.3 Å². The van der Waals surface area contributed by atoms with E-state index < -0.39 is 0 Å². The number of piperazine rings is 1. The molecule has 32 heavy (non-hydrogen) atoms. The maximum atomic E-state index is 12.5. The van der Waals surface area contributed by atoms with Crippen molar-refractivity contribution in [3.8, 4) is 10.6 Å². The van der Waals surface area contributed by atoms with E-state index in [1.807, 2.05) is 18.2 Å². The van der Waals surface area contributed by atoms with Crippen LogP contribution in [0.1, 0.15) is 5.69 Å². The number of benzene rings is 2. The van der Waals surface area contributed by atoms with Crippen LogP contribution in [0, 0.1) is 0 Å². The van der Waals surface area contributed by atoms with Gasteiger partial charge in [-0.15, -0.1) is 11.3 Å². The first-order chi connectivity index (χ1) is 15.6. The van der Waals surface area contributed by atoms with Crippen molar-refractivity contribution in [1.29, 1.82) is 0 Å². The molecule has 0 bridgehead atoms. The van der Waals surface area contributed by atoms with Gasteiger partial charge in [0.25, 0.3) is 0 Å². The largest absolute Gasteiger partial charge is 0.325 e. The maximum Gasteiger partial charge on any atom is 0.323 e. The summed E-state index contributed by atoms with van der Waals surface area (Å²) in [4.78, 5) is 38.6. The fourth-order valence-corrected chi connectivity index (χ4v) is 4.76. The van der Waals surface area contributed by atoms with Crippen molar-refractivity contribution in [2.45, 2.75) is 6.54 Å². The van der Waals surface area contributed by atoms with Gasteiger partial charge in [0.2, 0.25) is 5.91 Å². The first-order valence-electron chi connectivity index (χ1n) is 10.6. The van der Waals surface area contributed by atoms with E-state index in [0.29, 0.717) is 17.7 Å². The van der Waals surface area contributed by atoms with Crippen LogP contribution in [0.15, 0.2) is 58.7 Å². The number of hydrogen-bond donors (Lipinski definition) is 3. The molecule has 8 nitrogen and oxygen atoms in total. The molecule has 0 aliphatic carbocycles. The SMILES string of the molecule is O=C(CN1CCN(Cc2csc(-c3ccccc3)n2)CC1)Nc1ccc2[nH]c(=O)[nH]c2c1. The van der Waals surface area contributed by atoms with E-state index >= 15 is 0 Å². The molecule has 3 N–H and O–H groups in total. The van der Waals surface area contributed by atoms with Crippen molar-refractivity contribution >= 4 is 34.0 Å². The van der Waals surface area contributed by atoms with Gasteiger partial charge in [-0.2, -0.15) is 0 Å². The van der Waals surface area contributed by atoms with Gasteiger partial charge in [-0.3, -0.25) is 14.6 Å². The number of amides is 1. The number of nitrogens with one attached hydrogen (secondary N) is 3. The normalized spacial score (nSPS) is 15.2. The zero-order valence-corrected chi connectivity index (χ0v) is 18.3. The molecule has 0 radical (unpaired) electrons. The van der Waals surface area contributed by atoms with Crippen molar-refractivity contribution < 1.29 is 4.79 Å². The van der Waals surface area contributed by atoms with Crippen LogP contribution in [0.4, 0.5) is 5.69 Å². The highest BCUT2D eigenvalue weighted by Gasteiger charge is 2.20. The quantitative estimate of drug-likeness (QED) is 0.421. The minimum atomic E-state index is -0.254. The molecule has 0 atom stereocenters. The van der Waals surface area contributed by atoms with E-state index in [2.05, 4.69) is 42.6 Å². The molecule has 2 aromatic heterocycles. The van der Waals surface area contributed by atoms with Gasteiger partial charge in [0.1, 0.15) is 5.01 Å². The van der Waals surface area contributed by atoms with Gasteiger partial charge in [0.15, 0.2) is 0 Å². The average Bonchev–Trinajstić information content (AvgIpc) is 3.41. The van der Waals surface area contributed by atoms with Crippen molar-refractivity contribution in [2.24, 2.45) is 0 Å². The third-order valence-electron chi connectivity index (χ3n) is 5.59. The van der Waals surface area contributed by atoms with Crippen LogP contribution in [0.5, 0.6) is 0 Å². The number of hydrogen-bond acceptors (Lipinski definition) is 6. The van der Waals surface area contributed by atoms with Gasteiger partial charge in [0, 0.05) is 49.4 Å². The molecule has 9 heteroatoms. The number of aromatic nitrogens is 3. The summed E-state index contributed by atoms with van der Waals surface area (Å²) in [5.74, 6) is -0.0531. The molecule has 1 aliphatic rings. The monoisotopic (exact) mass is 448 g/mol. The standard InChI is InChI=1S/C23H24N6O2S/c30-21(24-17-6-7-19-20(12-17)27-23(31)26-19)14-29-10-8-28(9-11-29)13-18-15-32-22(25-18)16-4-2-1-3-5-16/h1-7,12,15H,8-11,13-14H2,(H,24,30)(H2,26,27,31). The van der Waals surface area contributed by atoms with E-state index in [-0.39, 0.29) is 11.6 Å². The van der Waals surface area contributed by atoms with E-state index in [0.717, 1.165) is 54.5 Å². The van der Waals surface area contributed by atoms with Crippen LogP contribution in [0.25, 0.3) is 21.6 Å². The highest BCUT2D eigenvalue weighted by molar-refractivity contribution is 7.13. The van der Waals surface area contributed by atoms with Crippen LogP contribution in [-0.4, -0.2) is 63.4 Å². The number of carbonyl (C=O) groups excluding carboxylic acids is 1. The maximum absolute atomic E-state index is 12.5. The lowest BCUT2D eigenvalue weighted by Gasteiger charge is -2.33. The molecule has 164 valence electrons. The third kappa shape index (κ3) is 4.80. The highest BCUT2D eigenvalue weighted by atomic mass is 32.1. The Kier molecular flexibility index (Phi) is 5.85. The Balaban J connectivity index is 1.10. The Labute approximate surface area is 188 Å². The zero-order chi connectivity index (χ0) is 21.9. The average molecular weight is 449 g/mol. The second-order valence-corrected chi connectivity index (χ2v) is 8.81. The molecule has 4 aromatic rings. The molecule has 0 unspecified atom stereocenters. The van der Waals surface area contributed by atoms with Crippen LogP contribution in [-0.2, 0) is 11.3 Å². The van der Waals surface area contributed by atoms with E-state index in [1.54, 1.807) is 29.5 Å². The summed E-state index contributed by atoms with van der Waals surface area (Å²) in [6.45, 7) is 4.67. The van der Waals surface area contributed by atoms with Crippen LogP contribution in [0.2, 0.25) is 0 Å². The predicted octanol–water partition coefficient (Wildman–Crippen LogP) is 2.74. The van der Waals surface area contributed by atoms with Crippen molar-refractivity contribution in [2.75, 3.05) is 38.0 Å². The number of aromatic amines is 2. The lowest BCUT2D eigenvalue weighted by molar-refractivity contribution is -0.117. The first kappa shape index (κ1) is 20.6. The lowest BCUT2D eigenvalue weighted by Crippen LogP contribution is -2.48. The number of rotatable bonds is 6. The fourth-order valence-electron chi connectivity index (χ4n) is 3.94. The Morgan fingerprint density at radius 2 is 1.75 bits per heavy atom. The van der Waals surface area contributed by atoms with Gasteiger partial charge >= 0.3 is 5.69 Å². The Morgan fingerprint density at radius 1 is 1.00 bits per heavy atom. The molecule has 0 spiro atoms. The van der Waals surface area contributed by atoms with Gasteiger partial charge in [-0.1, -0.05) is 30.3 Å². The lowest BCUT2D eigenvalue weighted by atomic mass is 10.2. The summed E-state index contributed by atoms with van der Waals surface area (Å²) >= 11 is 1.68. The summed E-state index contributed by atoms with van der Waals surface area (Å²) < 4.78 is 0. The van der Waals surface area contributed by atoms with E-state index in [1.165, 1.54) is 0 Å². The van der Waals surface area contributed by atoms with Crippen molar-refractivity contribution in [3.05, 3.63) is 70.1 Å². The van der Waals surface area contributed by atoms with Gasteiger partial charge in [-0.25, -0.2) is 9.78 Å². The smallest absolute Gasteiger partial charge is 0.323 e. The molecule has 1 aliphatic heterocycles. The summed E-state index contributed by atoms with van der Waals surface area (Å²) in [6, 6.07) is 15.6. The molecular formula is C23H24N6O2S. The van der Waals surface area contributed by atoms with Crippen LogP contribution in [0.3, 0.4) is 0 Å². The first-order valence-corrected chi connectivity index (χ1v) is 11.5. The number of fused-ring (bicyclic) bond motifs is 1. The number of H-pyrrole nitrogens is 2. The molecule has 5 rings (SSSR count). The molecular weight excluding hydrogens is 424 g/mol. The topological polar surface area (TPSA) is 97.1 Å². The Bertz CT molecular complexity index is 1270. The molecule has 3 heterocycles. The summed E-state index contributed by atoms with van der Waals surface area (Å²) in [6.07, 6.45) is 0. The van der Waals surface area contributed by atoms with Crippen LogP contribution < -0.4 is 11.0 Å². The molecule has 1 saturated heterocycles. The Morgan fingerprint density at radius 3 is 2.56 bits per heavy atom. The molecule has 2 aromatic carbocycles. The summed E-state index contributed by atoms with van der Waals surface area (Å²) in [5.41, 5.74) is 4.07. The molecule has 1 fully saturated rings. The van der Waals surface area contributed by atoms with Crippen molar-refractivity contribution in [1.82, 2.24) is 24.8 Å². The van der Waals surface area contributed by atoms with Gasteiger partial charge in [0.05, 0.1) is 23.3 Å². The third-order valence-corrected chi connectivity index (χ3v) is 6.53. The van der Waals surface area contributed by atoms with Crippen molar-refractivity contribution in [3.63, 3.8) is 0 Å². The predicted molar refractivity (Wildman–Crippen MR) is 127 cm³/mol. The second kappa shape index (κ2) is 9.07. The number of nitrogens with zero attached hydrogens (tertiary/aromatic N) is 3.